The quantitative estimate of drug-likeness (QED) is 0.390. The Balaban J connectivity index is 2.16. The summed E-state index contributed by atoms with van der Waals surface area (Å²) in [7, 11) is 2.96. The summed E-state index contributed by atoms with van der Waals surface area (Å²) in [6, 6.07) is 10.2. The molecule has 0 aliphatic rings. The number of aliphatic hydroxyl groups is 1. The zero-order valence-electron chi connectivity index (χ0n) is 20.3. The number of esters is 1. The number of benzene rings is 2. The number of ether oxygens (including phenoxy) is 3. The largest absolute Gasteiger partial charge is 0.497 e. The van der Waals surface area contributed by atoms with Gasteiger partial charge in [-0.2, -0.15) is 13.2 Å². The number of aromatic nitrogens is 1. The van der Waals surface area contributed by atoms with Crippen LogP contribution < -0.4 is 15.0 Å². The van der Waals surface area contributed by atoms with Crippen molar-refractivity contribution in [3.63, 3.8) is 0 Å². The molecule has 3 rings (SSSR count). The standard InChI is InChI=1S/C26H25ClF3NO6/c1-4-37-25(34)21-14-31(13-16-6-8-18(35-2)11-22(16)36-3)24(33)12-20(21)19-10-17(27)7-5-15(19)9-23(32)26(28,29)30/h5-8,10-12,14,23,32H,4,9,13H2,1-3H3. The van der Waals surface area contributed by atoms with Gasteiger partial charge in [0.05, 0.1) is 32.9 Å². The van der Waals surface area contributed by atoms with E-state index in [1.54, 1.807) is 25.1 Å². The zero-order valence-corrected chi connectivity index (χ0v) is 21.0. The van der Waals surface area contributed by atoms with Crippen molar-refractivity contribution in [3.05, 3.63) is 80.7 Å². The minimum Gasteiger partial charge on any atom is -0.497 e. The fourth-order valence-electron chi connectivity index (χ4n) is 3.76. The summed E-state index contributed by atoms with van der Waals surface area (Å²) in [6.45, 7) is 1.65. The lowest BCUT2D eigenvalue weighted by Crippen LogP contribution is -2.30. The third-order valence-electron chi connectivity index (χ3n) is 5.61. The van der Waals surface area contributed by atoms with E-state index < -0.39 is 30.2 Å². The molecule has 0 aliphatic carbocycles. The van der Waals surface area contributed by atoms with Crippen molar-refractivity contribution in [2.75, 3.05) is 20.8 Å². The summed E-state index contributed by atoms with van der Waals surface area (Å²) in [5.41, 5.74) is 0.207. The van der Waals surface area contributed by atoms with E-state index >= 15 is 0 Å². The Kier molecular flexibility index (Phi) is 8.88. The first-order valence-corrected chi connectivity index (χ1v) is 11.5. The molecule has 198 valence electrons. The molecule has 11 heteroatoms. The van der Waals surface area contributed by atoms with E-state index in [0.717, 1.165) is 6.07 Å². The molecule has 1 N–H and O–H groups in total. The van der Waals surface area contributed by atoms with Crippen LogP contribution in [0.5, 0.6) is 11.5 Å². The maximum atomic E-state index is 13.1. The Labute approximate surface area is 216 Å². The number of rotatable bonds is 9. The number of hydrogen-bond donors (Lipinski definition) is 1. The molecule has 3 aromatic rings. The van der Waals surface area contributed by atoms with Crippen LogP contribution in [0.4, 0.5) is 13.2 Å². The van der Waals surface area contributed by atoms with Crippen LogP contribution in [0.3, 0.4) is 0 Å². The average molecular weight is 540 g/mol. The minimum absolute atomic E-state index is 0.0217. The Bertz CT molecular complexity index is 1340. The van der Waals surface area contributed by atoms with E-state index in [1.165, 1.54) is 43.2 Å². The summed E-state index contributed by atoms with van der Waals surface area (Å²) in [5, 5.41) is 9.82. The Morgan fingerprint density at radius 2 is 1.76 bits per heavy atom. The first-order chi connectivity index (χ1) is 17.5. The van der Waals surface area contributed by atoms with Crippen molar-refractivity contribution in [2.24, 2.45) is 0 Å². The zero-order chi connectivity index (χ0) is 27.3. The first kappa shape index (κ1) is 28.1. The SMILES string of the molecule is CCOC(=O)c1cn(Cc2ccc(OC)cc2OC)c(=O)cc1-c1cc(Cl)ccc1CC(O)C(F)(F)F. The molecule has 1 unspecified atom stereocenters. The maximum absolute atomic E-state index is 13.1. The van der Waals surface area contributed by atoms with Gasteiger partial charge < -0.3 is 23.9 Å². The van der Waals surface area contributed by atoms with Crippen LogP contribution in [0.25, 0.3) is 11.1 Å². The molecule has 0 fully saturated rings. The normalized spacial score (nSPS) is 12.2. The lowest BCUT2D eigenvalue weighted by molar-refractivity contribution is -0.203. The second-order valence-electron chi connectivity index (χ2n) is 8.03. The number of aliphatic hydroxyl groups excluding tert-OH is 1. The number of pyridine rings is 1. The second kappa shape index (κ2) is 11.7. The van der Waals surface area contributed by atoms with Crippen molar-refractivity contribution in [2.45, 2.75) is 32.2 Å². The van der Waals surface area contributed by atoms with Crippen molar-refractivity contribution < 1.29 is 37.3 Å². The van der Waals surface area contributed by atoms with Gasteiger partial charge in [-0.1, -0.05) is 17.7 Å². The molecular weight excluding hydrogens is 515 g/mol. The van der Waals surface area contributed by atoms with Crippen LogP contribution in [-0.2, 0) is 17.7 Å². The number of alkyl halides is 3. The second-order valence-corrected chi connectivity index (χ2v) is 8.46. The van der Waals surface area contributed by atoms with Gasteiger partial charge in [-0.15, -0.1) is 0 Å². The van der Waals surface area contributed by atoms with Gasteiger partial charge in [-0.05, 0) is 42.3 Å². The predicted octanol–water partition coefficient (Wildman–Crippen LogP) is 4.88. The highest BCUT2D eigenvalue weighted by atomic mass is 35.5. The number of carbonyl (C=O) groups is 1. The molecule has 1 atom stereocenters. The number of carbonyl (C=O) groups excluding carboxylic acids is 1. The topological polar surface area (TPSA) is 87.0 Å². The third-order valence-corrected chi connectivity index (χ3v) is 5.84. The van der Waals surface area contributed by atoms with Crippen LogP contribution in [0.2, 0.25) is 5.02 Å². The molecule has 7 nitrogen and oxygen atoms in total. The molecule has 0 amide bonds. The molecule has 0 spiro atoms. The molecule has 37 heavy (non-hydrogen) atoms. The molecule has 0 saturated carbocycles. The molecule has 0 radical (unpaired) electrons. The summed E-state index contributed by atoms with van der Waals surface area (Å²) >= 11 is 6.11. The number of hydrogen-bond acceptors (Lipinski definition) is 6. The molecule has 1 aromatic heterocycles. The highest BCUT2D eigenvalue weighted by molar-refractivity contribution is 6.31. The molecule has 2 aromatic carbocycles. The van der Waals surface area contributed by atoms with E-state index in [0.29, 0.717) is 17.1 Å². The van der Waals surface area contributed by atoms with Crippen molar-refractivity contribution in [3.8, 4) is 22.6 Å². The molecule has 0 bridgehead atoms. The number of halogens is 4. The summed E-state index contributed by atoms with van der Waals surface area (Å²) in [6.07, 6.45) is -7.03. The molecule has 1 heterocycles. The van der Waals surface area contributed by atoms with Crippen LogP contribution in [0.15, 0.2) is 53.5 Å². The Morgan fingerprint density at radius 1 is 1.05 bits per heavy atom. The smallest absolute Gasteiger partial charge is 0.414 e. The van der Waals surface area contributed by atoms with Crippen molar-refractivity contribution in [1.82, 2.24) is 4.57 Å². The van der Waals surface area contributed by atoms with Gasteiger partial charge in [0, 0.05) is 40.9 Å². The van der Waals surface area contributed by atoms with Crippen LogP contribution in [0.1, 0.15) is 28.4 Å². The monoisotopic (exact) mass is 539 g/mol. The van der Waals surface area contributed by atoms with Gasteiger partial charge >= 0.3 is 12.1 Å². The first-order valence-electron chi connectivity index (χ1n) is 11.1. The maximum Gasteiger partial charge on any atom is 0.414 e. The number of methoxy groups -OCH3 is 2. The number of nitrogens with zero attached hydrogens (tertiary/aromatic N) is 1. The molecular formula is C26H25ClF3NO6. The van der Waals surface area contributed by atoms with Gasteiger partial charge in [-0.25, -0.2) is 4.79 Å². The lowest BCUT2D eigenvalue weighted by atomic mass is 9.93. The Hall–Kier alpha value is -3.50. The van der Waals surface area contributed by atoms with Crippen molar-refractivity contribution >= 4 is 17.6 Å². The summed E-state index contributed by atoms with van der Waals surface area (Å²) < 4.78 is 56.2. The van der Waals surface area contributed by atoms with E-state index in [-0.39, 0.29) is 40.4 Å². The van der Waals surface area contributed by atoms with Crippen LogP contribution >= 0.6 is 11.6 Å². The van der Waals surface area contributed by atoms with Crippen LogP contribution in [-0.4, -0.2) is 48.7 Å². The minimum atomic E-state index is -4.86. The summed E-state index contributed by atoms with van der Waals surface area (Å²) in [5.74, 6) is 0.214. The van der Waals surface area contributed by atoms with Crippen molar-refractivity contribution in [1.29, 1.82) is 0 Å². The van der Waals surface area contributed by atoms with E-state index in [4.69, 9.17) is 25.8 Å². The predicted molar refractivity (Wildman–Crippen MR) is 132 cm³/mol. The highest BCUT2D eigenvalue weighted by Crippen LogP contribution is 2.33. The fraction of sp³-hybridized carbons (Fsp3) is 0.308. The fourth-order valence-corrected chi connectivity index (χ4v) is 3.93. The van der Waals surface area contributed by atoms with Gasteiger partial charge in [0.25, 0.3) is 5.56 Å². The molecule has 0 saturated heterocycles. The van der Waals surface area contributed by atoms with E-state index in [9.17, 15) is 27.9 Å². The Morgan fingerprint density at radius 3 is 2.38 bits per heavy atom. The van der Waals surface area contributed by atoms with E-state index in [1.807, 2.05) is 0 Å². The van der Waals surface area contributed by atoms with Gasteiger partial charge in [-0.3, -0.25) is 4.79 Å². The highest BCUT2D eigenvalue weighted by Gasteiger charge is 2.38. The summed E-state index contributed by atoms with van der Waals surface area (Å²) in [4.78, 5) is 26.0. The third kappa shape index (κ3) is 6.64. The molecule has 0 aliphatic heterocycles. The lowest BCUT2D eigenvalue weighted by Gasteiger charge is -2.19. The average Bonchev–Trinajstić information content (AvgIpc) is 2.85. The van der Waals surface area contributed by atoms with Gasteiger partial charge in [0.2, 0.25) is 0 Å². The van der Waals surface area contributed by atoms with E-state index in [2.05, 4.69) is 0 Å². The van der Waals surface area contributed by atoms with Gasteiger partial charge in [0.1, 0.15) is 11.5 Å². The van der Waals surface area contributed by atoms with Gasteiger partial charge in [0.15, 0.2) is 6.10 Å². The van der Waals surface area contributed by atoms with Crippen LogP contribution in [0, 0.1) is 0 Å².